The van der Waals surface area contributed by atoms with Crippen LogP contribution in [-0.4, -0.2) is 38.5 Å². The molecule has 0 unspecified atom stereocenters. The van der Waals surface area contributed by atoms with Gasteiger partial charge in [0.15, 0.2) is 10.2 Å². The van der Waals surface area contributed by atoms with Crippen LogP contribution in [0.1, 0.15) is 11.3 Å². The predicted molar refractivity (Wildman–Crippen MR) is 131 cm³/mol. The maximum atomic E-state index is 12.7. The number of fused-ring (bicyclic) bond motifs is 1. The molecule has 0 radical (unpaired) electrons. The second kappa shape index (κ2) is 9.24. The predicted octanol–water partition coefficient (Wildman–Crippen LogP) is 5.29. The Labute approximate surface area is 202 Å². The summed E-state index contributed by atoms with van der Waals surface area (Å²) in [5.41, 5.74) is 3.45. The number of imide groups is 1. The van der Waals surface area contributed by atoms with Gasteiger partial charge in [-0.15, -0.1) is 0 Å². The van der Waals surface area contributed by atoms with Crippen LogP contribution < -0.4 is 5.32 Å². The van der Waals surface area contributed by atoms with Crippen molar-refractivity contribution in [3.05, 3.63) is 76.9 Å². The molecule has 1 fully saturated rings. The molecule has 0 bridgehead atoms. The number of H-pyrrole nitrogens is 1. The van der Waals surface area contributed by atoms with Crippen molar-refractivity contribution in [1.82, 2.24) is 14.9 Å². The maximum absolute atomic E-state index is 12.7. The number of thioether (sulfide) groups is 1. The number of carbonyl (C=O) groups is 3. The minimum Gasteiger partial charge on any atom is -0.450 e. The van der Waals surface area contributed by atoms with Crippen molar-refractivity contribution in [3.8, 4) is 0 Å². The molecule has 3 amide bonds. The molecule has 0 aliphatic carbocycles. The topological polar surface area (TPSA) is 108 Å². The van der Waals surface area contributed by atoms with Crippen molar-refractivity contribution in [1.29, 1.82) is 0 Å². The molecule has 2 N–H and O–H groups in total. The second-order valence-corrected chi connectivity index (χ2v) is 9.49. The van der Waals surface area contributed by atoms with Crippen LogP contribution in [-0.2, 0) is 9.59 Å². The van der Waals surface area contributed by atoms with E-state index in [-0.39, 0.29) is 11.4 Å². The van der Waals surface area contributed by atoms with Gasteiger partial charge in [0.25, 0.3) is 11.1 Å². The summed E-state index contributed by atoms with van der Waals surface area (Å²) in [6, 6.07) is 18.4. The Kier molecular flexibility index (Phi) is 5.99. The van der Waals surface area contributed by atoms with Gasteiger partial charge in [-0.25, -0.2) is 4.98 Å². The first-order chi connectivity index (χ1) is 16.4. The van der Waals surface area contributed by atoms with Gasteiger partial charge < -0.3 is 14.7 Å². The second-order valence-electron chi connectivity index (χ2n) is 7.50. The lowest BCUT2D eigenvalue weighted by molar-refractivity contribution is -0.127. The van der Waals surface area contributed by atoms with Crippen LogP contribution >= 0.6 is 23.5 Å². The third-order valence-corrected chi connectivity index (χ3v) is 6.67. The van der Waals surface area contributed by atoms with Crippen LogP contribution in [0.15, 0.2) is 80.2 Å². The smallest absolute Gasteiger partial charge is 0.294 e. The Balaban J connectivity index is 1.24. The van der Waals surface area contributed by atoms with Crippen molar-refractivity contribution in [2.24, 2.45) is 0 Å². The zero-order valence-electron chi connectivity index (χ0n) is 17.9. The molecule has 170 valence electrons. The van der Waals surface area contributed by atoms with Gasteiger partial charge in [0.1, 0.15) is 12.3 Å². The van der Waals surface area contributed by atoms with Crippen LogP contribution in [0.5, 0.6) is 0 Å². The number of nitrogens with one attached hydrogen (secondary N) is 2. The van der Waals surface area contributed by atoms with E-state index < -0.39 is 17.1 Å². The molecule has 0 saturated carbocycles. The molecule has 34 heavy (non-hydrogen) atoms. The standard InChI is InChI=1S/C24H18N4O4S2/c1-14-6-8-15(9-7-14)25-20(29)13-28-22(30)19(33-24(28)31)12-16-10-11-21(32-16)34-23-26-17-4-2-3-5-18(17)27-23/h2-12H,13H2,1H3,(H,25,29)(H,26,27)/b19-12-. The highest BCUT2D eigenvalue weighted by molar-refractivity contribution is 8.18. The number of hydrogen-bond donors (Lipinski definition) is 2. The third kappa shape index (κ3) is 4.78. The van der Waals surface area contributed by atoms with Gasteiger partial charge in [-0.1, -0.05) is 29.8 Å². The number of carbonyl (C=O) groups excluding carboxylic acids is 3. The van der Waals surface area contributed by atoms with Gasteiger partial charge in [-0.05, 0) is 66.8 Å². The van der Waals surface area contributed by atoms with E-state index in [9.17, 15) is 14.4 Å². The molecule has 10 heteroatoms. The number of hydrogen-bond acceptors (Lipinski definition) is 7. The van der Waals surface area contributed by atoms with E-state index in [1.54, 1.807) is 24.3 Å². The van der Waals surface area contributed by atoms with Gasteiger partial charge in [-0.3, -0.25) is 19.3 Å². The van der Waals surface area contributed by atoms with E-state index in [4.69, 9.17) is 4.42 Å². The molecule has 0 spiro atoms. The minimum atomic E-state index is -0.531. The lowest BCUT2D eigenvalue weighted by Gasteiger charge is -2.12. The monoisotopic (exact) mass is 490 g/mol. The summed E-state index contributed by atoms with van der Waals surface area (Å²) < 4.78 is 5.79. The Morgan fingerprint density at radius 2 is 1.94 bits per heavy atom. The summed E-state index contributed by atoms with van der Waals surface area (Å²) in [6.45, 7) is 1.58. The number of aryl methyl sites for hydroxylation is 1. The van der Waals surface area contributed by atoms with Crippen molar-refractivity contribution in [3.63, 3.8) is 0 Å². The summed E-state index contributed by atoms with van der Waals surface area (Å²) >= 11 is 2.10. The van der Waals surface area contributed by atoms with Gasteiger partial charge in [0.05, 0.1) is 15.9 Å². The molecule has 4 aromatic rings. The molecular formula is C24H18N4O4S2. The van der Waals surface area contributed by atoms with Gasteiger partial charge in [-0.2, -0.15) is 0 Å². The molecular weight excluding hydrogens is 472 g/mol. The van der Waals surface area contributed by atoms with E-state index in [0.717, 1.165) is 33.3 Å². The van der Waals surface area contributed by atoms with Crippen molar-refractivity contribution >= 4 is 63.4 Å². The summed E-state index contributed by atoms with van der Waals surface area (Å²) in [6.07, 6.45) is 1.51. The third-order valence-electron chi connectivity index (χ3n) is 4.95. The van der Waals surface area contributed by atoms with E-state index in [1.807, 2.05) is 43.3 Å². The number of aromatic amines is 1. The fourth-order valence-corrected chi connectivity index (χ4v) is 4.87. The fraction of sp³-hybridized carbons (Fsp3) is 0.0833. The van der Waals surface area contributed by atoms with Crippen LogP contribution in [0.3, 0.4) is 0 Å². The van der Waals surface area contributed by atoms with Crippen molar-refractivity contribution in [2.75, 3.05) is 11.9 Å². The number of nitrogens with zero attached hydrogens (tertiary/aromatic N) is 2. The van der Waals surface area contributed by atoms with Gasteiger partial charge in [0.2, 0.25) is 5.91 Å². The highest BCUT2D eigenvalue weighted by Crippen LogP contribution is 2.34. The average Bonchev–Trinajstić information content (AvgIpc) is 3.50. The van der Waals surface area contributed by atoms with Crippen molar-refractivity contribution in [2.45, 2.75) is 17.2 Å². The Morgan fingerprint density at radius 3 is 2.74 bits per heavy atom. The van der Waals surface area contributed by atoms with E-state index in [1.165, 1.54) is 17.8 Å². The molecule has 3 heterocycles. The highest BCUT2D eigenvalue weighted by atomic mass is 32.2. The summed E-state index contributed by atoms with van der Waals surface area (Å²) in [4.78, 5) is 46.2. The highest BCUT2D eigenvalue weighted by Gasteiger charge is 2.36. The van der Waals surface area contributed by atoms with E-state index in [0.29, 0.717) is 21.7 Å². The van der Waals surface area contributed by atoms with Gasteiger partial charge >= 0.3 is 0 Å². The molecule has 0 atom stereocenters. The van der Waals surface area contributed by atoms with Crippen LogP contribution in [0, 0.1) is 6.92 Å². The number of furan rings is 1. The summed E-state index contributed by atoms with van der Waals surface area (Å²) in [7, 11) is 0. The zero-order valence-corrected chi connectivity index (χ0v) is 19.5. The lowest BCUT2D eigenvalue weighted by atomic mass is 10.2. The number of rotatable bonds is 6. The molecule has 5 rings (SSSR count). The SMILES string of the molecule is Cc1ccc(NC(=O)CN2C(=O)S/C(=C\c3ccc(Sc4nc5ccccc5[nH]4)o3)C2=O)cc1. The Bertz CT molecular complexity index is 1410. The number of anilines is 1. The number of aromatic nitrogens is 2. The summed E-state index contributed by atoms with van der Waals surface area (Å²) in [5.74, 6) is -0.555. The van der Waals surface area contributed by atoms with Crippen LogP contribution in [0.4, 0.5) is 10.5 Å². The molecule has 1 aliphatic rings. The Hall–Kier alpha value is -3.76. The fourth-order valence-electron chi connectivity index (χ4n) is 3.29. The first kappa shape index (κ1) is 22.1. The molecule has 2 aromatic heterocycles. The normalized spacial score (nSPS) is 15.0. The quantitative estimate of drug-likeness (QED) is 0.354. The molecule has 1 saturated heterocycles. The van der Waals surface area contributed by atoms with Crippen LogP contribution in [0.25, 0.3) is 17.1 Å². The largest absolute Gasteiger partial charge is 0.450 e. The maximum Gasteiger partial charge on any atom is 0.294 e. The zero-order chi connectivity index (χ0) is 23.7. The minimum absolute atomic E-state index is 0.197. The molecule has 1 aliphatic heterocycles. The van der Waals surface area contributed by atoms with Crippen molar-refractivity contribution < 1.29 is 18.8 Å². The average molecular weight is 491 g/mol. The van der Waals surface area contributed by atoms with Gasteiger partial charge in [0, 0.05) is 11.8 Å². The lowest BCUT2D eigenvalue weighted by Crippen LogP contribution is -2.36. The molecule has 2 aromatic carbocycles. The van der Waals surface area contributed by atoms with E-state index >= 15 is 0 Å². The van der Waals surface area contributed by atoms with E-state index in [2.05, 4.69) is 15.3 Å². The number of amides is 3. The number of para-hydroxylation sites is 2. The Morgan fingerprint density at radius 1 is 1.15 bits per heavy atom. The first-order valence-electron chi connectivity index (χ1n) is 10.3. The number of imidazole rings is 1. The van der Waals surface area contributed by atoms with Crippen LogP contribution in [0.2, 0.25) is 0 Å². The summed E-state index contributed by atoms with van der Waals surface area (Å²) in [5, 5.41) is 3.46. The first-order valence-corrected chi connectivity index (χ1v) is 11.9. The molecule has 8 nitrogen and oxygen atoms in total. The number of benzene rings is 2.